The van der Waals surface area contributed by atoms with E-state index in [1.165, 1.54) is 0 Å². The standard InChI is InChI=1S/C11H20N2OS.ClH/c1-11(2)8-13(6-7-15-11)10(14)9-4-3-5-12-9;/h9,12H,3-8H2,1-2H3;1H/t9-;/m0./s1. The van der Waals surface area contributed by atoms with Crippen molar-refractivity contribution in [1.29, 1.82) is 0 Å². The second-order valence-electron chi connectivity index (χ2n) is 5.02. The summed E-state index contributed by atoms with van der Waals surface area (Å²) < 4.78 is 0.229. The van der Waals surface area contributed by atoms with E-state index in [0.29, 0.717) is 5.91 Å². The highest BCUT2D eigenvalue weighted by molar-refractivity contribution is 8.00. The molecule has 0 radical (unpaired) electrons. The maximum absolute atomic E-state index is 12.1. The van der Waals surface area contributed by atoms with Gasteiger partial charge in [-0.15, -0.1) is 12.4 Å². The smallest absolute Gasteiger partial charge is 0.239 e. The van der Waals surface area contributed by atoms with Crippen molar-refractivity contribution >= 4 is 30.1 Å². The van der Waals surface area contributed by atoms with Crippen molar-refractivity contribution in [3.63, 3.8) is 0 Å². The minimum absolute atomic E-state index is 0. The lowest BCUT2D eigenvalue weighted by atomic mass is 10.1. The third-order valence-corrected chi connectivity index (χ3v) is 4.39. The number of nitrogens with zero attached hydrogens (tertiary/aromatic N) is 1. The molecule has 2 aliphatic rings. The summed E-state index contributed by atoms with van der Waals surface area (Å²) in [5.74, 6) is 1.40. The number of carbonyl (C=O) groups is 1. The predicted octanol–water partition coefficient (Wildman–Crippen LogP) is 1.51. The lowest BCUT2D eigenvalue weighted by molar-refractivity contribution is -0.133. The van der Waals surface area contributed by atoms with Gasteiger partial charge in [0.2, 0.25) is 5.91 Å². The Morgan fingerprint density at radius 1 is 1.50 bits per heavy atom. The first-order valence-corrected chi connectivity index (χ1v) is 6.73. The van der Waals surface area contributed by atoms with Crippen molar-refractivity contribution in [1.82, 2.24) is 10.2 Å². The second-order valence-corrected chi connectivity index (χ2v) is 6.82. The Morgan fingerprint density at radius 3 is 2.81 bits per heavy atom. The molecule has 0 aromatic carbocycles. The van der Waals surface area contributed by atoms with Crippen LogP contribution in [0.2, 0.25) is 0 Å². The first-order valence-electron chi connectivity index (χ1n) is 5.75. The molecule has 5 heteroatoms. The number of carbonyl (C=O) groups excluding carboxylic acids is 1. The van der Waals surface area contributed by atoms with E-state index < -0.39 is 0 Å². The molecular weight excluding hydrogens is 244 g/mol. The van der Waals surface area contributed by atoms with Crippen molar-refractivity contribution in [2.45, 2.75) is 37.5 Å². The van der Waals surface area contributed by atoms with Gasteiger partial charge in [0.15, 0.2) is 0 Å². The Balaban J connectivity index is 0.00000128. The van der Waals surface area contributed by atoms with Crippen molar-refractivity contribution < 1.29 is 4.79 Å². The maximum Gasteiger partial charge on any atom is 0.239 e. The van der Waals surface area contributed by atoms with Crippen molar-refractivity contribution in [3.05, 3.63) is 0 Å². The van der Waals surface area contributed by atoms with E-state index >= 15 is 0 Å². The molecule has 2 fully saturated rings. The van der Waals surface area contributed by atoms with Gasteiger partial charge in [0, 0.05) is 23.6 Å². The van der Waals surface area contributed by atoms with Gasteiger partial charge in [-0.25, -0.2) is 0 Å². The first-order chi connectivity index (χ1) is 7.08. The van der Waals surface area contributed by atoms with Gasteiger partial charge in [-0.05, 0) is 33.2 Å². The van der Waals surface area contributed by atoms with Crippen LogP contribution >= 0.6 is 24.2 Å². The Morgan fingerprint density at radius 2 is 2.25 bits per heavy atom. The van der Waals surface area contributed by atoms with Gasteiger partial charge in [-0.2, -0.15) is 11.8 Å². The van der Waals surface area contributed by atoms with Crippen LogP contribution in [0.25, 0.3) is 0 Å². The van der Waals surface area contributed by atoms with E-state index in [0.717, 1.165) is 38.2 Å². The van der Waals surface area contributed by atoms with E-state index in [2.05, 4.69) is 19.2 Å². The van der Waals surface area contributed by atoms with Gasteiger partial charge >= 0.3 is 0 Å². The van der Waals surface area contributed by atoms with Crippen molar-refractivity contribution in [2.75, 3.05) is 25.4 Å². The molecule has 2 heterocycles. The average Bonchev–Trinajstić information content (AvgIpc) is 2.67. The Kier molecular flexibility index (Phi) is 4.95. The average molecular weight is 265 g/mol. The summed E-state index contributed by atoms with van der Waals surface area (Å²) in [6.45, 7) is 7.26. The molecule has 3 nitrogen and oxygen atoms in total. The highest BCUT2D eigenvalue weighted by Gasteiger charge is 2.33. The molecule has 2 rings (SSSR count). The number of nitrogens with one attached hydrogen (secondary N) is 1. The summed E-state index contributed by atoms with van der Waals surface area (Å²) >= 11 is 1.97. The number of hydrogen-bond acceptors (Lipinski definition) is 3. The molecule has 1 N–H and O–H groups in total. The third kappa shape index (κ3) is 3.28. The van der Waals surface area contributed by atoms with Crippen molar-refractivity contribution in [2.24, 2.45) is 0 Å². The Bertz CT molecular complexity index is 254. The monoisotopic (exact) mass is 264 g/mol. The first kappa shape index (κ1) is 14.1. The highest BCUT2D eigenvalue weighted by Crippen LogP contribution is 2.30. The minimum atomic E-state index is 0. The number of halogens is 1. The second kappa shape index (κ2) is 5.61. The van der Waals surface area contributed by atoms with Gasteiger partial charge in [-0.1, -0.05) is 0 Å². The zero-order valence-corrected chi connectivity index (χ0v) is 11.6. The molecular formula is C11H21ClN2OS. The van der Waals surface area contributed by atoms with Crippen LogP contribution in [0, 0.1) is 0 Å². The molecule has 0 aromatic rings. The predicted molar refractivity (Wildman–Crippen MR) is 71.4 cm³/mol. The summed E-state index contributed by atoms with van der Waals surface area (Å²) in [6.07, 6.45) is 2.16. The fraction of sp³-hybridized carbons (Fsp3) is 0.909. The Hall–Kier alpha value is 0.0700. The topological polar surface area (TPSA) is 32.3 Å². The molecule has 1 atom stereocenters. The molecule has 1 amide bonds. The zero-order chi connectivity index (χ0) is 10.9. The number of hydrogen-bond donors (Lipinski definition) is 1. The summed E-state index contributed by atoms with van der Waals surface area (Å²) in [7, 11) is 0. The van der Waals surface area contributed by atoms with E-state index in [9.17, 15) is 4.79 Å². The van der Waals surface area contributed by atoms with Crippen LogP contribution < -0.4 is 5.32 Å². The van der Waals surface area contributed by atoms with E-state index in [-0.39, 0.29) is 23.2 Å². The molecule has 0 spiro atoms. The van der Waals surface area contributed by atoms with Gasteiger partial charge in [0.1, 0.15) is 0 Å². The normalized spacial score (nSPS) is 28.6. The molecule has 0 unspecified atom stereocenters. The van der Waals surface area contributed by atoms with Crippen LogP contribution in [0.3, 0.4) is 0 Å². The van der Waals surface area contributed by atoms with E-state index in [1.807, 2.05) is 16.7 Å². The molecule has 2 saturated heterocycles. The van der Waals surface area contributed by atoms with Crippen LogP contribution in [0.4, 0.5) is 0 Å². The largest absolute Gasteiger partial charge is 0.339 e. The van der Waals surface area contributed by atoms with Crippen LogP contribution in [0.1, 0.15) is 26.7 Å². The van der Waals surface area contributed by atoms with Crippen LogP contribution in [0.15, 0.2) is 0 Å². The summed E-state index contributed by atoms with van der Waals surface area (Å²) in [6, 6.07) is 0.101. The van der Waals surface area contributed by atoms with Gasteiger partial charge in [-0.3, -0.25) is 4.79 Å². The fourth-order valence-corrected chi connectivity index (χ4v) is 3.43. The number of amides is 1. The molecule has 2 aliphatic heterocycles. The van der Waals surface area contributed by atoms with E-state index in [1.54, 1.807) is 0 Å². The lowest BCUT2D eigenvalue weighted by Gasteiger charge is -2.38. The van der Waals surface area contributed by atoms with Crippen LogP contribution in [-0.2, 0) is 4.79 Å². The minimum Gasteiger partial charge on any atom is -0.339 e. The quantitative estimate of drug-likeness (QED) is 0.779. The van der Waals surface area contributed by atoms with Gasteiger partial charge in [0.05, 0.1) is 6.04 Å². The zero-order valence-electron chi connectivity index (χ0n) is 9.99. The summed E-state index contributed by atoms with van der Waals surface area (Å²) in [5, 5.41) is 3.28. The SMILES string of the molecule is CC1(C)CN(C(=O)[C@@H]2CCCN2)CCS1.Cl. The fourth-order valence-electron chi connectivity index (χ4n) is 2.32. The van der Waals surface area contributed by atoms with Crippen LogP contribution in [0.5, 0.6) is 0 Å². The molecule has 0 aromatic heterocycles. The summed E-state index contributed by atoms with van der Waals surface area (Å²) in [4.78, 5) is 14.2. The van der Waals surface area contributed by atoms with Gasteiger partial charge in [0.25, 0.3) is 0 Å². The third-order valence-electron chi connectivity index (χ3n) is 3.10. The molecule has 16 heavy (non-hydrogen) atoms. The number of rotatable bonds is 1. The summed E-state index contributed by atoms with van der Waals surface area (Å²) in [5.41, 5.74) is 0. The molecule has 0 saturated carbocycles. The van der Waals surface area contributed by atoms with Crippen molar-refractivity contribution in [3.8, 4) is 0 Å². The molecule has 0 aliphatic carbocycles. The lowest BCUT2D eigenvalue weighted by Crippen LogP contribution is -2.51. The Labute approximate surface area is 108 Å². The highest BCUT2D eigenvalue weighted by atomic mass is 35.5. The molecule has 0 bridgehead atoms. The van der Waals surface area contributed by atoms with Crippen LogP contribution in [-0.4, -0.2) is 47.0 Å². The van der Waals surface area contributed by atoms with Gasteiger partial charge < -0.3 is 10.2 Å². The maximum atomic E-state index is 12.1. The van der Waals surface area contributed by atoms with E-state index in [4.69, 9.17) is 0 Å². The number of thioether (sulfide) groups is 1. The molecule has 94 valence electrons.